The van der Waals surface area contributed by atoms with Gasteiger partial charge in [-0.05, 0) is 36.1 Å². The van der Waals surface area contributed by atoms with E-state index in [1.165, 1.54) is 5.56 Å². The maximum atomic E-state index is 11.9. The second-order valence-electron chi connectivity index (χ2n) is 7.52. The van der Waals surface area contributed by atoms with Crippen molar-refractivity contribution < 1.29 is 5.11 Å². The van der Waals surface area contributed by atoms with Crippen LogP contribution in [-0.2, 0) is 12.0 Å². The molecule has 2 heteroatoms. The summed E-state index contributed by atoms with van der Waals surface area (Å²) in [6, 6.07) is 31.0. The number of benzene rings is 3. The first-order valence-electron chi connectivity index (χ1n) is 9.86. The van der Waals surface area contributed by atoms with Crippen LogP contribution in [0.15, 0.2) is 91.0 Å². The highest BCUT2D eigenvalue weighted by Crippen LogP contribution is 2.41. The molecule has 0 radical (unpaired) electrons. The molecule has 4 rings (SSSR count). The summed E-state index contributed by atoms with van der Waals surface area (Å²) in [4.78, 5) is 2.49. The Morgan fingerprint density at radius 3 is 1.85 bits per heavy atom. The minimum absolute atomic E-state index is 0.193. The van der Waals surface area contributed by atoms with Gasteiger partial charge in [0, 0.05) is 19.0 Å². The van der Waals surface area contributed by atoms with E-state index >= 15 is 0 Å². The van der Waals surface area contributed by atoms with Gasteiger partial charge in [0.1, 0.15) is 5.60 Å². The zero-order valence-corrected chi connectivity index (χ0v) is 15.7. The Bertz CT molecular complexity index is 792. The van der Waals surface area contributed by atoms with E-state index in [4.69, 9.17) is 0 Å². The van der Waals surface area contributed by atoms with Crippen LogP contribution in [0.5, 0.6) is 0 Å². The summed E-state index contributed by atoms with van der Waals surface area (Å²) in [6.07, 6.45) is 2.07. The lowest BCUT2D eigenvalue weighted by Gasteiger charge is -2.35. The van der Waals surface area contributed by atoms with E-state index in [-0.39, 0.29) is 5.92 Å². The van der Waals surface area contributed by atoms with Gasteiger partial charge >= 0.3 is 0 Å². The number of hydrogen-bond acceptors (Lipinski definition) is 2. The number of aliphatic hydroxyl groups is 1. The van der Waals surface area contributed by atoms with Crippen molar-refractivity contribution >= 4 is 0 Å². The lowest BCUT2D eigenvalue weighted by molar-refractivity contribution is 0.0200. The average Bonchev–Trinajstić information content (AvgIpc) is 3.23. The van der Waals surface area contributed by atoms with E-state index in [1.807, 2.05) is 36.4 Å². The first-order chi connectivity index (χ1) is 13.3. The molecule has 1 heterocycles. The highest BCUT2D eigenvalue weighted by Gasteiger charge is 2.43. The molecule has 0 spiro atoms. The Balaban J connectivity index is 1.53. The van der Waals surface area contributed by atoms with Crippen LogP contribution in [0.4, 0.5) is 0 Å². The van der Waals surface area contributed by atoms with E-state index in [0.29, 0.717) is 0 Å². The maximum Gasteiger partial charge on any atom is 0.119 e. The molecule has 1 aliphatic rings. The third-order valence-electron chi connectivity index (χ3n) is 5.85. The summed E-state index contributed by atoms with van der Waals surface area (Å²) in [5.41, 5.74) is 2.42. The van der Waals surface area contributed by atoms with E-state index in [2.05, 4.69) is 59.5 Å². The van der Waals surface area contributed by atoms with Gasteiger partial charge in [0.05, 0.1) is 0 Å². The third-order valence-corrected chi connectivity index (χ3v) is 5.85. The van der Waals surface area contributed by atoms with Gasteiger partial charge in [0.25, 0.3) is 0 Å². The highest BCUT2D eigenvalue weighted by atomic mass is 16.3. The van der Waals surface area contributed by atoms with Crippen LogP contribution in [0, 0.1) is 5.92 Å². The largest absolute Gasteiger partial charge is 0.380 e. The van der Waals surface area contributed by atoms with Crippen molar-refractivity contribution in [1.29, 1.82) is 0 Å². The predicted octanol–water partition coefficient (Wildman–Crippen LogP) is 4.49. The van der Waals surface area contributed by atoms with Gasteiger partial charge in [-0.25, -0.2) is 0 Å². The second kappa shape index (κ2) is 8.08. The fourth-order valence-corrected chi connectivity index (χ4v) is 4.33. The van der Waals surface area contributed by atoms with Crippen molar-refractivity contribution in [2.24, 2.45) is 5.92 Å². The van der Waals surface area contributed by atoms with Gasteiger partial charge < -0.3 is 10.0 Å². The molecular weight excluding hydrogens is 330 g/mol. The number of hydrogen-bond donors (Lipinski definition) is 1. The molecule has 1 fully saturated rings. The average molecular weight is 357 g/mol. The van der Waals surface area contributed by atoms with Crippen molar-refractivity contribution in [2.45, 2.75) is 18.4 Å². The fraction of sp³-hybridized carbons (Fsp3) is 0.280. The molecule has 3 aromatic rings. The molecule has 0 amide bonds. The molecular formula is C25H27NO. The minimum atomic E-state index is -0.940. The van der Waals surface area contributed by atoms with Gasteiger partial charge in [-0.3, -0.25) is 0 Å². The SMILES string of the molecule is OC(c1ccccc1)(c1ccccc1)C1CCN(CCc2ccccc2)C1. The molecule has 27 heavy (non-hydrogen) atoms. The van der Waals surface area contributed by atoms with Crippen LogP contribution in [0.2, 0.25) is 0 Å². The van der Waals surface area contributed by atoms with E-state index < -0.39 is 5.60 Å². The molecule has 0 aliphatic carbocycles. The Morgan fingerprint density at radius 1 is 0.778 bits per heavy atom. The molecule has 1 N–H and O–H groups in total. The normalized spacial score (nSPS) is 17.9. The summed E-state index contributed by atoms with van der Waals surface area (Å²) < 4.78 is 0. The lowest BCUT2D eigenvalue weighted by atomic mass is 9.75. The molecule has 3 aromatic carbocycles. The van der Waals surface area contributed by atoms with Gasteiger partial charge in [0.15, 0.2) is 0 Å². The Kier molecular flexibility index (Phi) is 5.38. The smallest absolute Gasteiger partial charge is 0.119 e. The molecule has 0 saturated carbocycles. The van der Waals surface area contributed by atoms with Crippen LogP contribution in [0.1, 0.15) is 23.1 Å². The molecule has 1 unspecified atom stereocenters. The molecule has 138 valence electrons. The van der Waals surface area contributed by atoms with Crippen LogP contribution < -0.4 is 0 Å². The predicted molar refractivity (Wildman–Crippen MR) is 111 cm³/mol. The molecule has 0 aromatic heterocycles. The Labute approximate surface area is 162 Å². The van der Waals surface area contributed by atoms with Crippen molar-refractivity contribution in [3.8, 4) is 0 Å². The van der Waals surface area contributed by atoms with Crippen LogP contribution in [0.3, 0.4) is 0 Å². The van der Waals surface area contributed by atoms with Crippen LogP contribution in [-0.4, -0.2) is 29.6 Å². The van der Waals surface area contributed by atoms with E-state index in [9.17, 15) is 5.11 Å². The maximum absolute atomic E-state index is 11.9. The second-order valence-corrected chi connectivity index (χ2v) is 7.52. The fourth-order valence-electron chi connectivity index (χ4n) is 4.33. The van der Waals surface area contributed by atoms with Crippen LogP contribution in [0.25, 0.3) is 0 Å². The minimum Gasteiger partial charge on any atom is -0.380 e. The molecule has 2 nitrogen and oxygen atoms in total. The lowest BCUT2D eigenvalue weighted by Crippen LogP contribution is -2.38. The van der Waals surface area contributed by atoms with E-state index in [1.54, 1.807) is 0 Å². The summed E-state index contributed by atoms with van der Waals surface area (Å²) in [7, 11) is 0. The zero-order chi connectivity index (χ0) is 18.5. The van der Waals surface area contributed by atoms with Crippen molar-refractivity contribution in [3.05, 3.63) is 108 Å². The van der Waals surface area contributed by atoms with Gasteiger partial charge in [0.2, 0.25) is 0 Å². The van der Waals surface area contributed by atoms with Crippen LogP contribution >= 0.6 is 0 Å². The van der Waals surface area contributed by atoms with Gasteiger partial charge in [-0.2, -0.15) is 0 Å². The van der Waals surface area contributed by atoms with Crippen molar-refractivity contribution in [1.82, 2.24) is 4.90 Å². The molecule has 1 aliphatic heterocycles. The monoisotopic (exact) mass is 357 g/mol. The number of rotatable bonds is 6. The number of nitrogens with zero attached hydrogens (tertiary/aromatic N) is 1. The third kappa shape index (κ3) is 3.83. The summed E-state index contributed by atoms with van der Waals surface area (Å²) in [6.45, 7) is 3.01. The molecule has 1 atom stereocenters. The van der Waals surface area contributed by atoms with Gasteiger partial charge in [-0.15, -0.1) is 0 Å². The highest BCUT2D eigenvalue weighted by molar-refractivity contribution is 5.37. The molecule has 0 bridgehead atoms. The van der Waals surface area contributed by atoms with Crippen molar-refractivity contribution in [3.63, 3.8) is 0 Å². The first-order valence-corrected chi connectivity index (χ1v) is 9.86. The van der Waals surface area contributed by atoms with E-state index in [0.717, 1.165) is 43.6 Å². The van der Waals surface area contributed by atoms with Gasteiger partial charge in [-0.1, -0.05) is 91.0 Å². The summed E-state index contributed by atoms with van der Waals surface area (Å²) >= 11 is 0. The standard InChI is InChI=1S/C25H27NO/c27-25(22-12-6-2-7-13-22,23-14-8-3-9-15-23)24-17-19-26(20-24)18-16-21-10-4-1-5-11-21/h1-15,24,27H,16-20H2. The topological polar surface area (TPSA) is 23.5 Å². The first kappa shape index (κ1) is 18.0. The van der Waals surface area contributed by atoms with Crippen molar-refractivity contribution in [2.75, 3.05) is 19.6 Å². The Hall–Kier alpha value is -2.42. The Morgan fingerprint density at radius 2 is 1.30 bits per heavy atom. The zero-order valence-electron chi connectivity index (χ0n) is 15.7. The summed E-state index contributed by atoms with van der Waals surface area (Å²) in [5, 5.41) is 11.9. The molecule has 1 saturated heterocycles. The summed E-state index contributed by atoms with van der Waals surface area (Å²) in [5.74, 6) is 0.193. The quantitative estimate of drug-likeness (QED) is 0.703. The number of likely N-dealkylation sites (tertiary alicyclic amines) is 1.